The summed E-state index contributed by atoms with van der Waals surface area (Å²) in [5.41, 5.74) is 0.674. The maximum absolute atomic E-state index is 10.4. The molecule has 1 saturated heterocycles. The summed E-state index contributed by atoms with van der Waals surface area (Å²) < 4.78 is 0. The van der Waals surface area contributed by atoms with E-state index in [9.17, 15) is 5.11 Å². The average molecular weight is 401 g/mol. The normalized spacial score (nSPS) is 19.6. The van der Waals surface area contributed by atoms with Gasteiger partial charge in [0.15, 0.2) is 5.96 Å². The molecular formula is C19H30Cl2N4O. The first-order valence-electron chi connectivity index (χ1n) is 9.40. The van der Waals surface area contributed by atoms with E-state index in [4.69, 9.17) is 23.2 Å². The Hall–Kier alpha value is -1.01. The molecule has 0 radical (unpaired) electrons. The smallest absolute Gasteiger partial charge is 0.191 e. The molecule has 0 bridgehead atoms. The number of aliphatic hydroxyl groups excluding tert-OH is 1. The quantitative estimate of drug-likeness (QED) is 0.462. The van der Waals surface area contributed by atoms with E-state index in [1.807, 2.05) is 6.92 Å². The van der Waals surface area contributed by atoms with Gasteiger partial charge in [-0.2, -0.15) is 0 Å². The Morgan fingerprint density at radius 1 is 1.27 bits per heavy atom. The lowest BCUT2D eigenvalue weighted by molar-refractivity contribution is 0.187. The molecule has 0 amide bonds. The average Bonchev–Trinajstić information content (AvgIpc) is 3.04. The summed E-state index contributed by atoms with van der Waals surface area (Å²) in [5, 5.41) is 18.0. The van der Waals surface area contributed by atoms with Gasteiger partial charge in [-0.05, 0) is 62.5 Å². The summed E-state index contributed by atoms with van der Waals surface area (Å²) in [6.07, 6.45) is 1.68. The number of aliphatic imine (C=N–C) groups is 1. The van der Waals surface area contributed by atoms with Gasteiger partial charge in [0.25, 0.3) is 0 Å². The number of hydrogen-bond acceptors (Lipinski definition) is 3. The molecule has 1 fully saturated rings. The molecule has 1 heterocycles. The summed E-state index contributed by atoms with van der Waals surface area (Å²) in [7, 11) is 0. The third-order valence-electron chi connectivity index (χ3n) is 4.50. The van der Waals surface area contributed by atoms with Gasteiger partial charge < -0.3 is 20.6 Å². The molecule has 0 saturated carbocycles. The molecule has 1 aliphatic heterocycles. The standard InChI is InChI=1S/C19H30Cl2N4O/c1-3-6-25-7-5-14(13-25)11-23-19(22-4-2)24-12-18(26)15-8-16(20)10-17(21)9-15/h8-10,14,18,26H,3-7,11-13H2,1-2H3,(H2,22,23,24). The molecule has 1 aromatic carbocycles. The fourth-order valence-corrected chi connectivity index (χ4v) is 3.78. The van der Waals surface area contributed by atoms with Gasteiger partial charge in [0.2, 0.25) is 0 Å². The van der Waals surface area contributed by atoms with Gasteiger partial charge in [-0.3, -0.25) is 4.99 Å². The molecule has 5 nitrogen and oxygen atoms in total. The zero-order valence-corrected chi connectivity index (χ0v) is 17.2. The molecule has 146 valence electrons. The zero-order chi connectivity index (χ0) is 18.9. The van der Waals surface area contributed by atoms with Crippen LogP contribution in [0.25, 0.3) is 0 Å². The summed E-state index contributed by atoms with van der Waals surface area (Å²) >= 11 is 12.0. The number of rotatable bonds is 8. The van der Waals surface area contributed by atoms with Crippen LogP contribution in [-0.4, -0.2) is 55.2 Å². The first-order chi connectivity index (χ1) is 12.5. The number of likely N-dealkylation sites (tertiary alicyclic amines) is 1. The SMILES string of the molecule is CCCN1CCC(CNC(=NCC(O)c2cc(Cl)cc(Cl)c2)NCC)C1. The maximum Gasteiger partial charge on any atom is 0.191 e. The predicted octanol–water partition coefficient (Wildman–Crippen LogP) is 3.31. The largest absolute Gasteiger partial charge is 0.386 e. The third-order valence-corrected chi connectivity index (χ3v) is 4.94. The second-order valence-electron chi connectivity index (χ2n) is 6.77. The van der Waals surface area contributed by atoms with Gasteiger partial charge >= 0.3 is 0 Å². The van der Waals surface area contributed by atoms with Gasteiger partial charge in [0.1, 0.15) is 0 Å². The lowest BCUT2D eigenvalue weighted by atomic mass is 10.1. The van der Waals surface area contributed by atoms with Crippen LogP contribution in [0.1, 0.15) is 38.4 Å². The highest BCUT2D eigenvalue weighted by atomic mass is 35.5. The predicted molar refractivity (Wildman–Crippen MR) is 110 cm³/mol. The van der Waals surface area contributed by atoms with Crippen LogP contribution in [0, 0.1) is 5.92 Å². The number of hydrogen-bond donors (Lipinski definition) is 3. The topological polar surface area (TPSA) is 59.9 Å². The van der Waals surface area contributed by atoms with Crippen LogP contribution in [0.5, 0.6) is 0 Å². The summed E-state index contributed by atoms with van der Waals surface area (Å²) in [6.45, 7) is 9.68. The highest BCUT2D eigenvalue weighted by molar-refractivity contribution is 6.34. The Bertz CT molecular complexity index is 577. The number of guanidine groups is 1. The van der Waals surface area contributed by atoms with E-state index in [1.54, 1.807) is 18.2 Å². The van der Waals surface area contributed by atoms with E-state index >= 15 is 0 Å². The minimum atomic E-state index is -0.742. The second kappa shape index (κ2) is 11.0. The molecule has 7 heteroatoms. The van der Waals surface area contributed by atoms with E-state index < -0.39 is 6.10 Å². The molecule has 1 aliphatic rings. The Labute approximate surface area is 166 Å². The fraction of sp³-hybridized carbons (Fsp3) is 0.632. The fourth-order valence-electron chi connectivity index (χ4n) is 3.23. The summed E-state index contributed by atoms with van der Waals surface area (Å²) in [5.74, 6) is 1.37. The Morgan fingerprint density at radius 2 is 2.00 bits per heavy atom. The Kier molecular flexibility index (Phi) is 8.99. The number of aliphatic hydroxyl groups is 1. The summed E-state index contributed by atoms with van der Waals surface area (Å²) in [6, 6.07) is 5.08. The molecule has 0 aromatic heterocycles. The molecule has 2 rings (SSSR count). The van der Waals surface area contributed by atoms with Crippen molar-refractivity contribution in [2.45, 2.75) is 32.8 Å². The first kappa shape index (κ1) is 21.3. The van der Waals surface area contributed by atoms with Crippen LogP contribution in [0.15, 0.2) is 23.2 Å². The van der Waals surface area contributed by atoms with Gasteiger partial charge in [0.05, 0.1) is 12.6 Å². The van der Waals surface area contributed by atoms with Crippen LogP contribution < -0.4 is 10.6 Å². The van der Waals surface area contributed by atoms with Gasteiger partial charge in [-0.25, -0.2) is 0 Å². The van der Waals surface area contributed by atoms with Crippen molar-refractivity contribution in [2.24, 2.45) is 10.9 Å². The Balaban J connectivity index is 1.87. The maximum atomic E-state index is 10.4. The molecule has 1 aromatic rings. The van der Waals surface area contributed by atoms with Crippen molar-refractivity contribution in [3.05, 3.63) is 33.8 Å². The first-order valence-corrected chi connectivity index (χ1v) is 10.2. The van der Waals surface area contributed by atoms with Crippen molar-refractivity contribution >= 4 is 29.2 Å². The van der Waals surface area contributed by atoms with Gasteiger partial charge in [-0.1, -0.05) is 30.1 Å². The lowest BCUT2D eigenvalue weighted by Gasteiger charge is -2.17. The van der Waals surface area contributed by atoms with E-state index in [0.717, 1.165) is 25.6 Å². The third kappa shape index (κ3) is 6.95. The number of nitrogens with one attached hydrogen (secondary N) is 2. The molecule has 2 atom stereocenters. The summed E-state index contributed by atoms with van der Waals surface area (Å²) in [4.78, 5) is 7.03. The van der Waals surface area contributed by atoms with Crippen molar-refractivity contribution in [1.82, 2.24) is 15.5 Å². The molecule has 0 aliphatic carbocycles. The van der Waals surface area contributed by atoms with Crippen LogP contribution in [0.4, 0.5) is 0 Å². The van der Waals surface area contributed by atoms with Gasteiger partial charge in [0, 0.05) is 29.7 Å². The van der Waals surface area contributed by atoms with Crippen LogP contribution in [-0.2, 0) is 0 Å². The van der Waals surface area contributed by atoms with Crippen molar-refractivity contribution in [2.75, 3.05) is 39.3 Å². The van der Waals surface area contributed by atoms with Crippen molar-refractivity contribution in [3.8, 4) is 0 Å². The minimum Gasteiger partial charge on any atom is -0.386 e. The highest BCUT2D eigenvalue weighted by Gasteiger charge is 2.21. The Morgan fingerprint density at radius 3 is 2.65 bits per heavy atom. The van der Waals surface area contributed by atoms with Crippen LogP contribution >= 0.6 is 23.2 Å². The van der Waals surface area contributed by atoms with Crippen LogP contribution in [0.3, 0.4) is 0 Å². The number of nitrogens with zero attached hydrogens (tertiary/aromatic N) is 2. The molecule has 26 heavy (non-hydrogen) atoms. The van der Waals surface area contributed by atoms with Crippen molar-refractivity contribution in [3.63, 3.8) is 0 Å². The van der Waals surface area contributed by atoms with E-state index in [2.05, 4.69) is 27.4 Å². The number of benzene rings is 1. The van der Waals surface area contributed by atoms with Gasteiger partial charge in [-0.15, -0.1) is 0 Å². The van der Waals surface area contributed by atoms with Crippen molar-refractivity contribution in [1.29, 1.82) is 0 Å². The highest BCUT2D eigenvalue weighted by Crippen LogP contribution is 2.23. The van der Waals surface area contributed by atoms with E-state index in [0.29, 0.717) is 21.5 Å². The molecular weight excluding hydrogens is 371 g/mol. The van der Waals surface area contributed by atoms with Crippen molar-refractivity contribution < 1.29 is 5.11 Å². The van der Waals surface area contributed by atoms with E-state index in [-0.39, 0.29) is 6.54 Å². The van der Waals surface area contributed by atoms with E-state index in [1.165, 1.54) is 25.9 Å². The van der Waals surface area contributed by atoms with Crippen LogP contribution in [0.2, 0.25) is 10.0 Å². The zero-order valence-electron chi connectivity index (χ0n) is 15.6. The molecule has 0 spiro atoms. The molecule has 3 N–H and O–H groups in total. The number of halogens is 2. The molecule has 2 unspecified atom stereocenters. The minimum absolute atomic E-state index is 0.249. The second-order valence-corrected chi connectivity index (χ2v) is 7.65. The lowest BCUT2D eigenvalue weighted by Crippen LogP contribution is -2.40. The monoisotopic (exact) mass is 400 g/mol.